The zero-order valence-electron chi connectivity index (χ0n) is 14.2. The molecule has 0 amide bonds. The van der Waals surface area contributed by atoms with Crippen molar-refractivity contribution in [2.24, 2.45) is 0 Å². The molecule has 1 aliphatic rings. The number of benzene rings is 2. The number of rotatable bonds is 5. The van der Waals surface area contributed by atoms with Crippen molar-refractivity contribution in [2.75, 3.05) is 18.1 Å². The van der Waals surface area contributed by atoms with E-state index in [1.54, 1.807) is 4.90 Å². The van der Waals surface area contributed by atoms with Crippen LogP contribution in [0.15, 0.2) is 41.3 Å². The molecule has 1 aliphatic heterocycles. The van der Waals surface area contributed by atoms with Crippen molar-refractivity contribution in [1.29, 1.82) is 0 Å². The van der Waals surface area contributed by atoms with Crippen LogP contribution >= 0.6 is 0 Å². The third-order valence-electron chi connectivity index (χ3n) is 3.94. The van der Waals surface area contributed by atoms with E-state index >= 15 is 0 Å². The largest absolute Gasteiger partial charge is 0.493 e. The molecular formula is C20H29OS+. The van der Waals surface area contributed by atoms with E-state index in [-0.39, 0.29) is 0 Å². The molecule has 1 nitrogen and oxygen atoms in total. The van der Waals surface area contributed by atoms with Gasteiger partial charge in [-0.15, -0.1) is 0 Å². The van der Waals surface area contributed by atoms with Crippen molar-refractivity contribution in [1.82, 2.24) is 0 Å². The van der Waals surface area contributed by atoms with Gasteiger partial charge in [-0.1, -0.05) is 45.4 Å². The highest BCUT2D eigenvalue weighted by molar-refractivity contribution is 7.97. The summed E-state index contributed by atoms with van der Waals surface area (Å²) in [5.41, 5.74) is 0. The fraction of sp³-hybridized carbons (Fsp3) is 0.500. The molecule has 120 valence electrons. The second-order valence-corrected chi connectivity index (χ2v) is 7.66. The summed E-state index contributed by atoms with van der Waals surface area (Å²) in [4.78, 5) is 1.56. The Kier molecular flexibility index (Phi) is 7.11. The summed E-state index contributed by atoms with van der Waals surface area (Å²) < 4.78 is 5.98. The summed E-state index contributed by atoms with van der Waals surface area (Å²) in [5, 5.41) is 2.70. The van der Waals surface area contributed by atoms with E-state index in [1.807, 2.05) is 13.8 Å². The van der Waals surface area contributed by atoms with Gasteiger partial charge in [-0.05, 0) is 37.5 Å². The van der Waals surface area contributed by atoms with Gasteiger partial charge in [0.1, 0.15) is 17.3 Å². The maximum absolute atomic E-state index is 5.98. The Morgan fingerprint density at radius 3 is 2.32 bits per heavy atom. The second-order valence-electron chi connectivity index (χ2n) is 5.42. The summed E-state index contributed by atoms with van der Waals surface area (Å²) >= 11 is 0. The van der Waals surface area contributed by atoms with E-state index in [1.165, 1.54) is 41.5 Å². The van der Waals surface area contributed by atoms with Gasteiger partial charge in [-0.3, -0.25) is 0 Å². The van der Waals surface area contributed by atoms with Crippen LogP contribution in [0.3, 0.4) is 0 Å². The topological polar surface area (TPSA) is 9.23 Å². The predicted octanol–water partition coefficient (Wildman–Crippen LogP) is 5.82. The van der Waals surface area contributed by atoms with Gasteiger partial charge < -0.3 is 4.74 Å². The standard InChI is InChI=1S/C18H23OS.C2H6/c1-2-3-12-19-17-10-11-18(20-13-6-7-14-20)16-9-5-4-8-15(16)17;1-2/h4-5,8-11H,2-3,6-7,12-14H2,1H3;1-2H3/q+1;. The van der Waals surface area contributed by atoms with Crippen LogP contribution in [0.4, 0.5) is 0 Å². The lowest BCUT2D eigenvalue weighted by Crippen LogP contribution is -2.05. The summed E-state index contributed by atoms with van der Waals surface area (Å²) in [7, 11) is 0.464. The minimum Gasteiger partial charge on any atom is -0.493 e. The van der Waals surface area contributed by atoms with Crippen LogP contribution in [-0.4, -0.2) is 18.1 Å². The highest BCUT2D eigenvalue weighted by Crippen LogP contribution is 2.34. The van der Waals surface area contributed by atoms with E-state index in [0.29, 0.717) is 10.9 Å². The van der Waals surface area contributed by atoms with E-state index in [0.717, 1.165) is 18.8 Å². The molecular weight excluding hydrogens is 288 g/mol. The zero-order chi connectivity index (χ0) is 15.8. The van der Waals surface area contributed by atoms with Gasteiger partial charge in [0, 0.05) is 21.7 Å². The first kappa shape index (κ1) is 17.2. The molecule has 0 radical (unpaired) electrons. The van der Waals surface area contributed by atoms with Gasteiger partial charge >= 0.3 is 0 Å². The molecule has 1 fully saturated rings. The van der Waals surface area contributed by atoms with E-state index in [4.69, 9.17) is 4.74 Å². The Hall–Kier alpha value is -1.15. The third-order valence-corrected chi connectivity index (χ3v) is 6.48. The normalized spacial score (nSPS) is 14.7. The molecule has 0 bridgehead atoms. The van der Waals surface area contributed by atoms with Gasteiger partial charge in [-0.25, -0.2) is 0 Å². The Morgan fingerprint density at radius 2 is 1.64 bits per heavy atom. The number of hydrogen-bond donors (Lipinski definition) is 0. The van der Waals surface area contributed by atoms with Crippen molar-refractivity contribution >= 4 is 21.7 Å². The molecule has 0 spiro atoms. The Bertz CT molecular complexity index is 573. The summed E-state index contributed by atoms with van der Waals surface area (Å²) in [5.74, 6) is 3.81. The average Bonchev–Trinajstić information content (AvgIpc) is 3.11. The first-order valence-electron chi connectivity index (χ1n) is 8.72. The summed E-state index contributed by atoms with van der Waals surface area (Å²) in [6.45, 7) is 7.03. The van der Waals surface area contributed by atoms with E-state index in [9.17, 15) is 0 Å². The maximum Gasteiger partial charge on any atom is 0.162 e. The van der Waals surface area contributed by atoms with Crippen molar-refractivity contribution in [3.05, 3.63) is 36.4 Å². The smallest absolute Gasteiger partial charge is 0.162 e. The number of fused-ring (bicyclic) bond motifs is 1. The van der Waals surface area contributed by atoms with Gasteiger partial charge in [0.2, 0.25) is 0 Å². The lowest BCUT2D eigenvalue weighted by molar-refractivity contribution is 0.313. The van der Waals surface area contributed by atoms with Crippen LogP contribution in [0.1, 0.15) is 46.5 Å². The molecule has 0 aliphatic carbocycles. The second kappa shape index (κ2) is 9.09. The van der Waals surface area contributed by atoms with Gasteiger partial charge in [0.05, 0.1) is 6.61 Å². The lowest BCUT2D eigenvalue weighted by atomic mass is 10.1. The average molecular weight is 318 g/mol. The minimum atomic E-state index is 0.464. The van der Waals surface area contributed by atoms with E-state index < -0.39 is 0 Å². The quantitative estimate of drug-likeness (QED) is 0.499. The van der Waals surface area contributed by atoms with Crippen LogP contribution in [0.2, 0.25) is 0 Å². The number of ether oxygens (including phenoxy) is 1. The number of hydrogen-bond acceptors (Lipinski definition) is 1. The van der Waals surface area contributed by atoms with Crippen LogP contribution in [0.25, 0.3) is 10.8 Å². The first-order valence-corrected chi connectivity index (χ1v) is 10.3. The van der Waals surface area contributed by atoms with Crippen LogP contribution in [0.5, 0.6) is 5.75 Å². The third kappa shape index (κ3) is 3.98. The zero-order valence-corrected chi connectivity index (χ0v) is 15.0. The Morgan fingerprint density at radius 1 is 0.955 bits per heavy atom. The Balaban J connectivity index is 0.000000847. The van der Waals surface area contributed by atoms with Gasteiger partial charge in [0.25, 0.3) is 0 Å². The minimum absolute atomic E-state index is 0.464. The van der Waals surface area contributed by atoms with Crippen molar-refractivity contribution in [3.8, 4) is 5.75 Å². The molecule has 2 aromatic carbocycles. The highest BCUT2D eigenvalue weighted by Gasteiger charge is 2.29. The molecule has 0 saturated carbocycles. The first-order chi connectivity index (χ1) is 10.9. The van der Waals surface area contributed by atoms with Crippen molar-refractivity contribution in [3.63, 3.8) is 0 Å². The van der Waals surface area contributed by atoms with Gasteiger partial charge in [-0.2, -0.15) is 0 Å². The van der Waals surface area contributed by atoms with Crippen molar-refractivity contribution in [2.45, 2.75) is 51.3 Å². The molecule has 0 atom stereocenters. The molecule has 1 saturated heterocycles. The fourth-order valence-corrected chi connectivity index (χ4v) is 5.32. The molecule has 1 heterocycles. The van der Waals surface area contributed by atoms with Crippen LogP contribution in [-0.2, 0) is 10.9 Å². The summed E-state index contributed by atoms with van der Waals surface area (Å²) in [6.07, 6.45) is 5.10. The predicted molar refractivity (Wildman–Crippen MR) is 100 cm³/mol. The molecule has 3 rings (SSSR count). The molecule has 0 unspecified atom stereocenters. The highest BCUT2D eigenvalue weighted by atomic mass is 32.2. The molecule has 0 aromatic heterocycles. The van der Waals surface area contributed by atoms with Crippen LogP contribution in [0, 0.1) is 0 Å². The molecule has 2 heteroatoms. The summed E-state index contributed by atoms with van der Waals surface area (Å²) in [6, 6.07) is 13.3. The fourth-order valence-electron chi connectivity index (χ4n) is 2.82. The van der Waals surface area contributed by atoms with Crippen LogP contribution < -0.4 is 4.74 Å². The van der Waals surface area contributed by atoms with Gasteiger partial charge in [0.15, 0.2) is 4.90 Å². The molecule has 2 aromatic rings. The van der Waals surface area contributed by atoms with E-state index in [2.05, 4.69) is 43.3 Å². The molecule has 22 heavy (non-hydrogen) atoms. The van der Waals surface area contributed by atoms with Crippen molar-refractivity contribution < 1.29 is 4.74 Å². The monoisotopic (exact) mass is 317 g/mol. The Labute approximate surface area is 138 Å². The maximum atomic E-state index is 5.98. The molecule has 0 N–H and O–H groups in total. The SMILES string of the molecule is CC.CCCCOc1ccc([S+]2CCCC2)c2ccccc12. The number of unbranched alkanes of at least 4 members (excludes halogenated alkanes) is 1. The lowest BCUT2D eigenvalue weighted by Gasteiger charge is -2.11.